The van der Waals surface area contributed by atoms with Crippen LogP contribution in [0.15, 0.2) is 78.2 Å². The van der Waals surface area contributed by atoms with Crippen LogP contribution in [0, 0.1) is 23.0 Å². The average Bonchev–Trinajstić information content (AvgIpc) is 2.73. The molecule has 1 aliphatic heterocycles. The van der Waals surface area contributed by atoms with Gasteiger partial charge in [0.1, 0.15) is 34.8 Å². The molecule has 0 bridgehead atoms. The number of esters is 1. The Morgan fingerprint density at radius 1 is 1.07 bits per heavy atom. The van der Waals surface area contributed by atoms with E-state index >= 15 is 0 Å². The van der Waals surface area contributed by atoms with Crippen LogP contribution in [0.5, 0.6) is 11.5 Å². The summed E-state index contributed by atoms with van der Waals surface area (Å²) in [6.07, 6.45) is 0. The SMILES string of the molecule is N#CC1=C(N)Oc2cc(OC(=O)c3ccccc3F)ccc2C1c1cccc(F)c1. The second kappa shape index (κ2) is 7.68. The number of nitriles is 1. The van der Waals surface area contributed by atoms with E-state index in [1.807, 2.05) is 6.07 Å². The average molecular weight is 404 g/mol. The molecule has 2 N–H and O–H groups in total. The van der Waals surface area contributed by atoms with Gasteiger partial charge in [-0.2, -0.15) is 5.26 Å². The molecule has 4 rings (SSSR count). The monoisotopic (exact) mass is 404 g/mol. The molecule has 1 aliphatic rings. The van der Waals surface area contributed by atoms with Crippen molar-refractivity contribution < 1.29 is 23.0 Å². The molecule has 1 heterocycles. The molecule has 0 spiro atoms. The van der Waals surface area contributed by atoms with Gasteiger partial charge in [0, 0.05) is 11.6 Å². The van der Waals surface area contributed by atoms with E-state index < -0.39 is 23.5 Å². The first-order valence-corrected chi connectivity index (χ1v) is 8.91. The van der Waals surface area contributed by atoms with Gasteiger partial charge in [0.2, 0.25) is 5.88 Å². The summed E-state index contributed by atoms with van der Waals surface area (Å²) in [5.41, 5.74) is 6.93. The smallest absolute Gasteiger partial charge is 0.346 e. The Kier molecular flexibility index (Phi) is 4.90. The van der Waals surface area contributed by atoms with Gasteiger partial charge in [-0.15, -0.1) is 0 Å². The summed E-state index contributed by atoms with van der Waals surface area (Å²) in [7, 11) is 0. The summed E-state index contributed by atoms with van der Waals surface area (Å²) >= 11 is 0. The lowest BCUT2D eigenvalue weighted by Gasteiger charge is -2.26. The zero-order chi connectivity index (χ0) is 21.3. The highest BCUT2D eigenvalue weighted by Crippen LogP contribution is 2.43. The maximum Gasteiger partial charge on any atom is 0.346 e. The van der Waals surface area contributed by atoms with E-state index in [2.05, 4.69) is 0 Å². The summed E-state index contributed by atoms with van der Waals surface area (Å²) < 4.78 is 38.4. The molecule has 0 aromatic heterocycles. The zero-order valence-corrected chi connectivity index (χ0v) is 15.4. The van der Waals surface area contributed by atoms with Crippen LogP contribution < -0.4 is 15.2 Å². The first-order chi connectivity index (χ1) is 14.5. The Balaban J connectivity index is 1.71. The summed E-state index contributed by atoms with van der Waals surface area (Å²) in [6.45, 7) is 0. The number of ether oxygens (including phenoxy) is 2. The van der Waals surface area contributed by atoms with Gasteiger partial charge in [-0.05, 0) is 35.9 Å². The number of halogens is 2. The maximum atomic E-state index is 13.8. The van der Waals surface area contributed by atoms with E-state index in [1.165, 1.54) is 48.5 Å². The summed E-state index contributed by atoms with van der Waals surface area (Å²) in [6, 6.07) is 17.8. The normalized spacial score (nSPS) is 15.0. The van der Waals surface area contributed by atoms with Gasteiger partial charge in [0.25, 0.3) is 0 Å². The summed E-state index contributed by atoms with van der Waals surface area (Å²) in [5, 5.41) is 9.55. The minimum atomic E-state index is -0.869. The standard InChI is InChI=1S/C23H14F2N2O3/c24-14-5-3-4-13(10-14)21-17-9-8-15(11-20(17)30-22(27)18(21)12-26)29-23(28)16-6-1-2-7-19(16)25/h1-11,21H,27H2. The second-order valence-corrected chi connectivity index (χ2v) is 6.55. The van der Waals surface area contributed by atoms with E-state index in [0.29, 0.717) is 11.1 Å². The van der Waals surface area contributed by atoms with Gasteiger partial charge in [0.05, 0.1) is 11.5 Å². The number of benzene rings is 3. The minimum absolute atomic E-state index is 0.105. The molecule has 3 aromatic carbocycles. The third-order valence-electron chi connectivity index (χ3n) is 4.68. The van der Waals surface area contributed by atoms with E-state index in [-0.39, 0.29) is 28.5 Å². The largest absolute Gasteiger partial charge is 0.440 e. The lowest BCUT2D eigenvalue weighted by Crippen LogP contribution is -2.21. The third-order valence-corrected chi connectivity index (χ3v) is 4.68. The van der Waals surface area contributed by atoms with Crippen molar-refractivity contribution in [2.75, 3.05) is 0 Å². The minimum Gasteiger partial charge on any atom is -0.440 e. The molecular weight excluding hydrogens is 390 g/mol. The number of fused-ring (bicyclic) bond motifs is 1. The Bertz CT molecular complexity index is 1230. The van der Waals surface area contributed by atoms with Crippen molar-refractivity contribution in [3.8, 4) is 17.6 Å². The van der Waals surface area contributed by atoms with Crippen molar-refractivity contribution in [1.29, 1.82) is 5.26 Å². The Morgan fingerprint density at radius 3 is 2.60 bits per heavy atom. The molecule has 0 saturated carbocycles. The van der Waals surface area contributed by atoms with E-state index in [0.717, 1.165) is 6.07 Å². The fourth-order valence-corrected chi connectivity index (χ4v) is 3.32. The van der Waals surface area contributed by atoms with Crippen LogP contribution in [0.4, 0.5) is 8.78 Å². The lowest BCUT2D eigenvalue weighted by atomic mass is 9.83. The molecule has 5 nitrogen and oxygen atoms in total. The fourth-order valence-electron chi connectivity index (χ4n) is 3.32. The van der Waals surface area contributed by atoms with Crippen LogP contribution in [0.2, 0.25) is 0 Å². The highest BCUT2D eigenvalue weighted by molar-refractivity contribution is 5.91. The Hall–Kier alpha value is -4.18. The number of hydrogen-bond acceptors (Lipinski definition) is 5. The van der Waals surface area contributed by atoms with Crippen molar-refractivity contribution in [2.24, 2.45) is 5.73 Å². The van der Waals surface area contributed by atoms with Crippen molar-refractivity contribution in [2.45, 2.75) is 5.92 Å². The van der Waals surface area contributed by atoms with E-state index in [9.17, 15) is 18.8 Å². The van der Waals surface area contributed by atoms with Crippen LogP contribution in [-0.4, -0.2) is 5.97 Å². The van der Waals surface area contributed by atoms with Crippen molar-refractivity contribution in [3.63, 3.8) is 0 Å². The predicted molar refractivity (Wildman–Crippen MR) is 103 cm³/mol. The molecule has 1 atom stereocenters. The molecule has 1 unspecified atom stereocenters. The van der Waals surface area contributed by atoms with Gasteiger partial charge in [-0.25, -0.2) is 13.6 Å². The van der Waals surface area contributed by atoms with Crippen LogP contribution in [0.3, 0.4) is 0 Å². The summed E-state index contributed by atoms with van der Waals surface area (Å²) in [5.74, 6) is -2.44. The number of hydrogen-bond donors (Lipinski definition) is 1. The topological polar surface area (TPSA) is 85.3 Å². The van der Waals surface area contributed by atoms with Crippen molar-refractivity contribution in [3.05, 3.63) is 107 Å². The molecule has 0 aliphatic carbocycles. The van der Waals surface area contributed by atoms with Crippen LogP contribution in [-0.2, 0) is 0 Å². The number of carbonyl (C=O) groups excluding carboxylic acids is 1. The van der Waals surface area contributed by atoms with Crippen molar-refractivity contribution >= 4 is 5.97 Å². The molecule has 0 amide bonds. The van der Waals surface area contributed by atoms with Crippen LogP contribution in [0.1, 0.15) is 27.4 Å². The molecular formula is C23H14F2N2O3. The first kappa shape index (κ1) is 19.2. The number of nitrogens with zero attached hydrogens (tertiary/aromatic N) is 1. The van der Waals surface area contributed by atoms with E-state index in [4.69, 9.17) is 15.2 Å². The second-order valence-electron chi connectivity index (χ2n) is 6.55. The Morgan fingerprint density at radius 2 is 1.87 bits per heavy atom. The van der Waals surface area contributed by atoms with Crippen LogP contribution >= 0.6 is 0 Å². The molecule has 0 fully saturated rings. The molecule has 0 radical (unpaired) electrons. The Labute approximate surface area is 170 Å². The van der Waals surface area contributed by atoms with Crippen molar-refractivity contribution in [1.82, 2.24) is 0 Å². The first-order valence-electron chi connectivity index (χ1n) is 8.91. The quantitative estimate of drug-likeness (QED) is 0.517. The summed E-state index contributed by atoms with van der Waals surface area (Å²) in [4.78, 5) is 12.3. The molecule has 148 valence electrons. The van der Waals surface area contributed by atoms with Gasteiger partial charge in [-0.1, -0.05) is 30.3 Å². The lowest BCUT2D eigenvalue weighted by molar-refractivity contribution is 0.0729. The molecule has 30 heavy (non-hydrogen) atoms. The fraction of sp³-hybridized carbons (Fsp3) is 0.0435. The maximum absolute atomic E-state index is 13.8. The number of rotatable bonds is 3. The van der Waals surface area contributed by atoms with Gasteiger partial charge < -0.3 is 15.2 Å². The number of carbonyl (C=O) groups is 1. The number of nitrogens with two attached hydrogens (primary N) is 1. The van der Waals surface area contributed by atoms with Gasteiger partial charge in [-0.3, -0.25) is 0 Å². The molecule has 0 saturated heterocycles. The predicted octanol–water partition coefficient (Wildman–Crippen LogP) is 4.40. The molecule has 3 aromatic rings. The third kappa shape index (κ3) is 3.47. The number of allylic oxidation sites excluding steroid dienone is 1. The molecule has 7 heteroatoms. The highest BCUT2D eigenvalue weighted by atomic mass is 19.1. The highest BCUT2D eigenvalue weighted by Gasteiger charge is 2.31. The van der Waals surface area contributed by atoms with E-state index in [1.54, 1.807) is 12.1 Å². The van der Waals surface area contributed by atoms with Gasteiger partial charge >= 0.3 is 5.97 Å². The van der Waals surface area contributed by atoms with Gasteiger partial charge in [0.15, 0.2) is 0 Å². The van der Waals surface area contributed by atoms with Crippen LogP contribution in [0.25, 0.3) is 0 Å². The zero-order valence-electron chi connectivity index (χ0n) is 15.4.